The molecule has 0 aliphatic heterocycles. The zero-order valence-electron chi connectivity index (χ0n) is 47.4. The molecule has 0 N–H and O–H groups in total. The zero-order valence-corrected chi connectivity index (χ0v) is 48.2. The molecule has 0 atom stereocenters. The van der Waals surface area contributed by atoms with Gasteiger partial charge in [0.2, 0.25) is 0 Å². The fourth-order valence-electron chi connectivity index (χ4n) is 13.0. The molecule has 10 aromatic carbocycles. The Morgan fingerprint density at radius 1 is 0.321 bits per heavy atom. The number of rotatable bonds is 6. The maximum absolute atomic E-state index is 2.63. The van der Waals surface area contributed by atoms with Gasteiger partial charge in [0.05, 0.1) is 16.8 Å². The molecule has 11 aromatic rings. The summed E-state index contributed by atoms with van der Waals surface area (Å²) < 4.78 is 2.60. The molecular weight excluding hydrogens is 961 g/mol. The smallest absolute Gasteiger partial charge is 0.0727 e. The van der Waals surface area contributed by atoms with Crippen molar-refractivity contribution in [1.29, 1.82) is 0 Å². The second kappa shape index (κ2) is 17.6. The summed E-state index contributed by atoms with van der Waals surface area (Å²) in [6.07, 6.45) is 0. The van der Waals surface area contributed by atoms with Crippen molar-refractivity contribution in [2.24, 2.45) is 0 Å². The molecule has 0 saturated heterocycles. The lowest BCUT2D eigenvalue weighted by atomic mass is 9.70. The Morgan fingerprint density at radius 3 is 1.10 bits per heavy atom. The highest BCUT2D eigenvalue weighted by molar-refractivity contribution is 7.26. The highest BCUT2D eigenvalue weighted by Crippen LogP contribution is 2.68. The summed E-state index contributed by atoms with van der Waals surface area (Å²) >= 11 is 1.95. The summed E-state index contributed by atoms with van der Waals surface area (Å²) in [5.74, 6) is 0. The molecule has 1 spiro atoms. The van der Waals surface area contributed by atoms with Gasteiger partial charge < -0.3 is 9.80 Å². The lowest BCUT2D eigenvalue weighted by molar-refractivity contribution is 0.590. The van der Waals surface area contributed by atoms with E-state index in [0.29, 0.717) is 0 Å². The van der Waals surface area contributed by atoms with Crippen molar-refractivity contribution in [3.05, 3.63) is 251 Å². The summed E-state index contributed by atoms with van der Waals surface area (Å²) in [7, 11) is 0. The van der Waals surface area contributed by atoms with Gasteiger partial charge in [0.25, 0.3) is 0 Å². The maximum Gasteiger partial charge on any atom is 0.0727 e. The van der Waals surface area contributed by atoms with Crippen molar-refractivity contribution in [2.75, 3.05) is 9.80 Å². The minimum atomic E-state index is -0.675. The molecule has 78 heavy (non-hydrogen) atoms. The molecule has 2 aliphatic carbocycles. The van der Waals surface area contributed by atoms with Gasteiger partial charge in [-0.05, 0) is 155 Å². The van der Waals surface area contributed by atoms with Crippen LogP contribution in [-0.2, 0) is 27.1 Å². The standard InChI is InChI=1S/C75H70N2S/c1-71(2,3)47-29-37-51(38-30-47)76(52-39-31-48(32-40-52)72(4,5)6)64-45-62-67(58-24-14-13-23-57(58)64)69-63(75(62)60-26-18-15-21-55(60)56-22-16-19-27-61(56)75)46-65(68-59-25-17-20-28-66(59)78-70(68)69)77(53-41-33-49(34-42-53)73(7,8)9)54-43-35-50(36-44-54)74(10,11)12/h13-46H,1-12H3. The summed E-state index contributed by atoms with van der Waals surface area (Å²) in [6, 6.07) is 79.7. The summed E-state index contributed by atoms with van der Waals surface area (Å²) in [5, 5.41) is 5.03. The highest BCUT2D eigenvalue weighted by Gasteiger charge is 2.54. The van der Waals surface area contributed by atoms with Crippen molar-refractivity contribution in [1.82, 2.24) is 0 Å². The number of hydrogen-bond acceptors (Lipinski definition) is 3. The van der Waals surface area contributed by atoms with Crippen LogP contribution in [0.25, 0.3) is 53.2 Å². The number of hydrogen-bond donors (Lipinski definition) is 0. The SMILES string of the molecule is CC(C)(C)c1ccc(N(c2ccc(C(C)(C)C)cc2)c2cc3c(c4ccccc24)-c2c(cc(N(c4ccc(C(C)(C)C)cc4)c4ccc(C(C)(C)C)cc4)c4c2sc2ccccc24)C32c3ccccc3-c3ccccc32)cc1. The van der Waals surface area contributed by atoms with Crippen LogP contribution in [-0.4, -0.2) is 0 Å². The van der Waals surface area contributed by atoms with Gasteiger partial charge >= 0.3 is 0 Å². The average Bonchev–Trinajstić information content (AvgIpc) is 2.35. The Kier molecular flexibility index (Phi) is 11.3. The fraction of sp³-hybridized carbons (Fsp3) is 0.227. The number of fused-ring (bicyclic) bond motifs is 16. The molecule has 0 unspecified atom stereocenters. The van der Waals surface area contributed by atoms with Crippen LogP contribution in [0.4, 0.5) is 34.1 Å². The van der Waals surface area contributed by atoms with Gasteiger partial charge in [-0.15, -0.1) is 11.3 Å². The van der Waals surface area contributed by atoms with Gasteiger partial charge in [-0.2, -0.15) is 0 Å². The van der Waals surface area contributed by atoms with Crippen molar-refractivity contribution < 1.29 is 0 Å². The van der Waals surface area contributed by atoms with E-state index in [1.807, 2.05) is 11.3 Å². The molecule has 13 rings (SSSR count). The molecule has 1 heterocycles. The number of anilines is 6. The molecule has 0 bridgehead atoms. The second-order valence-electron chi connectivity index (χ2n) is 26.2. The van der Waals surface area contributed by atoms with Crippen LogP contribution in [0.1, 0.15) is 128 Å². The first kappa shape index (κ1) is 49.8. The van der Waals surface area contributed by atoms with Crippen LogP contribution in [0.15, 0.2) is 206 Å². The van der Waals surface area contributed by atoms with Gasteiger partial charge in [-0.25, -0.2) is 0 Å². The Labute approximate surface area is 466 Å². The summed E-state index contributed by atoms with van der Waals surface area (Å²) in [6.45, 7) is 27.7. The van der Waals surface area contributed by atoms with E-state index in [1.54, 1.807) is 0 Å². The van der Waals surface area contributed by atoms with Crippen molar-refractivity contribution in [3.8, 4) is 22.3 Å². The molecule has 2 aliphatic rings. The lowest BCUT2D eigenvalue weighted by Gasteiger charge is -2.34. The minimum absolute atomic E-state index is 0.00644. The van der Waals surface area contributed by atoms with Crippen LogP contribution in [0.2, 0.25) is 0 Å². The van der Waals surface area contributed by atoms with Crippen LogP contribution in [0, 0.1) is 0 Å². The third-order valence-corrected chi connectivity index (χ3v) is 18.3. The molecule has 0 radical (unpaired) electrons. The molecule has 386 valence electrons. The normalized spacial score (nSPS) is 13.7. The van der Waals surface area contributed by atoms with E-state index >= 15 is 0 Å². The van der Waals surface area contributed by atoms with E-state index in [1.165, 1.54) is 103 Å². The Balaban J connectivity index is 1.18. The van der Waals surface area contributed by atoms with Crippen LogP contribution in [0.5, 0.6) is 0 Å². The first-order valence-corrected chi connectivity index (χ1v) is 28.8. The Bertz CT molecular complexity index is 3980. The minimum Gasteiger partial charge on any atom is -0.310 e. The first-order chi connectivity index (χ1) is 37.2. The molecule has 3 heteroatoms. The monoisotopic (exact) mass is 1030 g/mol. The van der Waals surface area contributed by atoms with Crippen molar-refractivity contribution in [2.45, 2.75) is 110 Å². The molecular formula is C75H70N2S. The van der Waals surface area contributed by atoms with Gasteiger partial charge in [0, 0.05) is 53.9 Å². The van der Waals surface area contributed by atoms with Crippen molar-refractivity contribution in [3.63, 3.8) is 0 Å². The molecule has 0 saturated carbocycles. The van der Waals surface area contributed by atoms with Crippen LogP contribution in [0.3, 0.4) is 0 Å². The summed E-state index contributed by atoms with van der Waals surface area (Å²) in [4.78, 5) is 5.10. The van der Waals surface area contributed by atoms with Crippen LogP contribution >= 0.6 is 11.3 Å². The molecule has 1 aromatic heterocycles. The largest absolute Gasteiger partial charge is 0.310 e. The molecule has 2 nitrogen and oxygen atoms in total. The van der Waals surface area contributed by atoms with E-state index in [-0.39, 0.29) is 21.7 Å². The zero-order chi connectivity index (χ0) is 54.3. The Hall–Kier alpha value is -7.72. The Morgan fingerprint density at radius 2 is 0.667 bits per heavy atom. The topological polar surface area (TPSA) is 6.48 Å². The van der Waals surface area contributed by atoms with E-state index in [9.17, 15) is 0 Å². The average molecular weight is 1030 g/mol. The van der Waals surface area contributed by atoms with Gasteiger partial charge in [-0.1, -0.05) is 223 Å². The van der Waals surface area contributed by atoms with E-state index in [2.05, 4.69) is 299 Å². The van der Waals surface area contributed by atoms with E-state index in [4.69, 9.17) is 0 Å². The number of benzene rings is 10. The highest BCUT2D eigenvalue weighted by atomic mass is 32.1. The van der Waals surface area contributed by atoms with Crippen LogP contribution < -0.4 is 9.80 Å². The molecule has 0 amide bonds. The lowest BCUT2D eigenvalue weighted by Crippen LogP contribution is -2.26. The van der Waals surface area contributed by atoms with E-state index in [0.717, 1.165) is 28.4 Å². The van der Waals surface area contributed by atoms with Gasteiger partial charge in [0.15, 0.2) is 0 Å². The fourth-order valence-corrected chi connectivity index (χ4v) is 14.2. The predicted octanol–water partition coefficient (Wildman–Crippen LogP) is 21.7. The maximum atomic E-state index is 2.63. The second-order valence-corrected chi connectivity index (χ2v) is 27.2. The quantitative estimate of drug-likeness (QED) is 0.164. The van der Waals surface area contributed by atoms with E-state index < -0.39 is 5.41 Å². The third-order valence-electron chi connectivity index (χ3n) is 17.1. The number of thiophene rings is 1. The van der Waals surface area contributed by atoms with Gasteiger partial charge in [0.1, 0.15) is 0 Å². The first-order valence-electron chi connectivity index (χ1n) is 28.0. The third kappa shape index (κ3) is 7.71. The summed E-state index contributed by atoms with van der Waals surface area (Å²) in [5.41, 5.74) is 22.0. The molecule has 0 fully saturated rings. The predicted molar refractivity (Wildman–Crippen MR) is 337 cm³/mol. The van der Waals surface area contributed by atoms with Gasteiger partial charge in [-0.3, -0.25) is 0 Å². The number of nitrogens with zero attached hydrogens (tertiary/aromatic N) is 2. The van der Waals surface area contributed by atoms with Crippen molar-refractivity contribution >= 4 is 76.4 Å².